The molecule has 1 N–H and O–H groups in total. The first-order valence-corrected chi connectivity index (χ1v) is 6.51. The SMILES string of the molecule is CNC(CCC(F)(F)F)Cc1cn2ccsc2n1. The van der Waals surface area contributed by atoms with E-state index >= 15 is 0 Å². The van der Waals surface area contributed by atoms with E-state index in [-0.39, 0.29) is 12.5 Å². The molecule has 0 aliphatic rings. The summed E-state index contributed by atoms with van der Waals surface area (Å²) in [5.74, 6) is 0. The molecule has 7 heteroatoms. The molecule has 100 valence electrons. The Morgan fingerprint density at radius 3 is 2.89 bits per heavy atom. The third kappa shape index (κ3) is 3.46. The molecule has 0 bridgehead atoms. The van der Waals surface area contributed by atoms with Gasteiger partial charge in [0.2, 0.25) is 0 Å². The molecule has 0 saturated heterocycles. The number of rotatable bonds is 5. The summed E-state index contributed by atoms with van der Waals surface area (Å²) in [6.07, 6.45) is -0.513. The van der Waals surface area contributed by atoms with E-state index in [0.29, 0.717) is 6.42 Å². The Bertz CT molecular complexity index is 474. The molecule has 0 saturated carbocycles. The standard InChI is InChI=1S/C11H14F3N3S/c1-15-8(2-3-11(12,13)14)6-9-7-17-4-5-18-10(17)16-9/h4-5,7-8,15H,2-3,6H2,1H3. The maximum absolute atomic E-state index is 12.2. The molecule has 18 heavy (non-hydrogen) atoms. The maximum Gasteiger partial charge on any atom is 0.389 e. The molecule has 3 nitrogen and oxygen atoms in total. The summed E-state index contributed by atoms with van der Waals surface area (Å²) in [6, 6.07) is -0.198. The lowest BCUT2D eigenvalue weighted by Gasteiger charge is -2.15. The number of nitrogens with zero attached hydrogens (tertiary/aromatic N) is 2. The van der Waals surface area contributed by atoms with E-state index < -0.39 is 12.6 Å². The summed E-state index contributed by atoms with van der Waals surface area (Å²) in [7, 11) is 1.68. The lowest BCUT2D eigenvalue weighted by molar-refractivity contribution is -0.136. The van der Waals surface area contributed by atoms with Crippen molar-refractivity contribution in [2.45, 2.75) is 31.5 Å². The van der Waals surface area contributed by atoms with E-state index in [9.17, 15) is 13.2 Å². The fourth-order valence-electron chi connectivity index (χ4n) is 1.81. The first-order chi connectivity index (χ1) is 8.48. The minimum atomic E-state index is -4.09. The molecule has 2 rings (SSSR count). The van der Waals surface area contributed by atoms with Crippen LogP contribution in [-0.2, 0) is 6.42 Å². The van der Waals surface area contributed by atoms with Crippen LogP contribution in [0.5, 0.6) is 0 Å². The average molecular weight is 277 g/mol. The van der Waals surface area contributed by atoms with E-state index in [4.69, 9.17) is 0 Å². The van der Waals surface area contributed by atoms with Gasteiger partial charge in [-0.2, -0.15) is 13.2 Å². The first-order valence-electron chi connectivity index (χ1n) is 5.63. The lowest BCUT2D eigenvalue weighted by atomic mass is 10.1. The normalized spacial score (nSPS) is 14.2. The van der Waals surface area contributed by atoms with Crippen LogP contribution in [0, 0.1) is 0 Å². The molecule has 0 radical (unpaired) electrons. The predicted octanol–water partition coefficient (Wildman–Crippen LogP) is 2.87. The number of likely N-dealkylation sites (N-methyl/N-ethyl adjacent to an activating group) is 1. The molecule has 0 amide bonds. The van der Waals surface area contributed by atoms with Gasteiger partial charge in [-0.3, -0.25) is 4.40 Å². The quantitative estimate of drug-likeness (QED) is 0.910. The van der Waals surface area contributed by atoms with E-state index in [0.717, 1.165) is 10.7 Å². The fourth-order valence-corrected chi connectivity index (χ4v) is 2.53. The largest absolute Gasteiger partial charge is 0.389 e. The molecule has 0 aliphatic carbocycles. The third-order valence-electron chi connectivity index (χ3n) is 2.78. The summed E-state index contributed by atoms with van der Waals surface area (Å²) >= 11 is 1.51. The summed E-state index contributed by atoms with van der Waals surface area (Å²) < 4.78 is 38.4. The van der Waals surface area contributed by atoms with Crippen molar-refractivity contribution in [3.63, 3.8) is 0 Å². The number of imidazole rings is 1. The smallest absolute Gasteiger partial charge is 0.317 e. The van der Waals surface area contributed by atoms with Crippen LogP contribution in [0.1, 0.15) is 18.5 Å². The molecule has 1 unspecified atom stereocenters. The summed E-state index contributed by atoms with van der Waals surface area (Å²) in [6.45, 7) is 0. The van der Waals surface area contributed by atoms with Crippen LogP contribution in [0.15, 0.2) is 17.8 Å². The van der Waals surface area contributed by atoms with Crippen LogP contribution >= 0.6 is 11.3 Å². The summed E-state index contributed by atoms with van der Waals surface area (Å²) in [5, 5.41) is 4.84. The highest BCUT2D eigenvalue weighted by Gasteiger charge is 2.28. The van der Waals surface area contributed by atoms with Crippen LogP contribution in [0.25, 0.3) is 4.96 Å². The second-order valence-corrected chi connectivity index (χ2v) is 5.04. The summed E-state index contributed by atoms with van der Waals surface area (Å²) in [4.78, 5) is 5.24. The molecule has 1 atom stereocenters. The fraction of sp³-hybridized carbons (Fsp3) is 0.545. The zero-order valence-corrected chi connectivity index (χ0v) is 10.7. The molecular formula is C11H14F3N3S. The van der Waals surface area contributed by atoms with Gasteiger partial charge in [0.25, 0.3) is 0 Å². The highest BCUT2D eigenvalue weighted by Crippen LogP contribution is 2.23. The molecule has 0 fully saturated rings. The van der Waals surface area contributed by atoms with Gasteiger partial charge in [-0.1, -0.05) is 0 Å². The van der Waals surface area contributed by atoms with Crippen LogP contribution in [-0.4, -0.2) is 28.7 Å². The van der Waals surface area contributed by atoms with E-state index in [1.54, 1.807) is 7.05 Å². The minimum Gasteiger partial charge on any atom is -0.317 e. The molecule has 0 aliphatic heterocycles. The minimum absolute atomic E-state index is 0.0746. The highest BCUT2D eigenvalue weighted by molar-refractivity contribution is 7.15. The predicted molar refractivity (Wildman–Crippen MR) is 64.9 cm³/mol. The number of nitrogens with one attached hydrogen (secondary N) is 1. The Morgan fingerprint density at radius 1 is 1.50 bits per heavy atom. The number of hydrogen-bond donors (Lipinski definition) is 1. The number of fused-ring (bicyclic) bond motifs is 1. The van der Waals surface area contributed by atoms with Gasteiger partial charge >= 0.3 is 6.18 Å². The van der Waals surface area contributed by atoms with Crippen molar-refractivity contribution in [1.82, 2.24) is 14.7 Å². The molecular weight excluding hydrogens is 263 g/mol. The van der Waals surface area contributed by atoms with E-state index in [1.807, 2.05) is 22.2 Å². The van der Waals surface area contributed by atoms with Crippen molar-refractivity contribution in [3.05, 3.63) is 23.5 Å². The zero-order valence-electron chi connectivity index (χ0n) is 9.87. The van der Waals surface area contributed by atoms with Crippen LogP contribution in [0.4, 0.5) is 13.2 Å². The Balaban J connectivity index is 1.95. The molecule has 2 aromatic heterocycles. The number of alkyl halides is 3. The van der Waals surface area contributed by atoms with Crippen molar-refractivity contribution >= 4 is 16.3 Å². The van der Waals surface area contributed by atoms with Crippen molar-refractivity contribution in [2.75, 3.05) is 7.05 Å². The van der Waals surface area contributed by atoms with Crippen molar-refractivity contribution < 1.29 is 13.2 Å². The average Bonchev–Trinajstić information content (AvgIpc) is 2.82. The van der Waals surface area contributed by atoms with Gasteiger partial charge in [0.1, 0.15) is 0 Å². The van der Waals surface area contributed by atoms with Gasteiger partial charge in [0.15, 0.2) is 4.96 Å². The van der Waals surface area contributed by atoms with Crippen molar-refractivity contribution in [3.8, 4) is 0 Å². The molecule has 0 aromatic carbocycles. The van der Waals surface area contributed by atoms with Crippen LogP contribution < -0.4 is 5.32 Å². The number of aromatic nitrogens is 2. The number of halogens is 3. The van der Waals surface area contributed by atoms with Gasteiger partial charge in [0, 0.05) is 36.7 Å². The van der Waals surface area contributed by atoms with Gasteiger partial charge < -0.3 is 5.32 Å². The second kappa shape index (κ2) is 5.27. The van der Waals surface area contributed by atoms with Crippen LogP contribution in [0.2, 0.25) is 0 Å². The highest BCUT2D eigenvalue weighted by atomic mass is 32.1. The maximum atomic E-state index is 12.2. The molecule has 2 aromatic rings. The second-order valence-electron chi connectivity index (χ2n) is 4.17. The van der Waals surface area contributed by atoms with Gasteiger partial charge in [-0.05, 0) is 13.5 Å². The Labute approximate surface area is 107 Å². The Morgan fingerprint density at radius 2 is 2.28 bits per heavy atom. The van der Waals surface area contributed by atoms with Gasteiger partial charge in [-0.25, -0.2) is 4.98 Å². The lowest BCUT2D eigenvalue weighted by Crippen LogP contribution is -2.29. The molecule has 0 spiro atoms. The van der Waals surface area contributed by atoms with Gasteiger partial charge in [-0.15, -0.1) is 11.3 Å². The number of thiazole rings is 1. The van der Waals surface area contributed by atoms with Gasteiger partial charge in [0.05, 0.1) is 5.69 Å². The van der Waals surface area contributed by atoms with Crippen LogP contribution in [0.3, 0.4) is 0 Å². The third-order valence-corrected chi connectivity index (χ3v) is 3.55. The zero-order chi connectivity index (χ0) is 13.2. The summed E-state index contributed by atoms with van der Waals surface area (Å²) in [5.41, 5.74) is 0.823. The first kappa shape index (κ1) is 13.4. The molecule has 2 heterocycles. The van der Waals surface area contributed by atoms with E-state index in [1.165, 1.54) is 11.3 Å². The Hall–Kier alpha value is -1.08. The van der Waals surface area contributed by atoms with Crippen molar-refractivity contribution in [2.24, 2.45) is 0 Å². The Kier molecular flexibility index (Phi) is 3.91. The topological polar surface area (TPSA) is 29.3 Å². The monoisotopic (exact) mass is 277 g/mol. The van der Waals surface area contributed by atoms with Crippen molar-refractivity contribution in [1.29, 1.82) is 0 Å². The number of hydrogen-bond acceptors (Lipinski definition) is 3. The van der Waals surface area contributed by atoms with E-state index in [2.05, 4.69) is 10.3 Å².